The minimum atomic E-state index is -0.241. The Morgan fingerprint density at radius 1 is 1.00 bits per heavy atom. The topological polar surface area (TPSA) is 0 Å². The average Bonchev–Trinajstić information content (AvgIpc) is 1.85. The summed E-state index contributed by atoms with van der Waals surface area (Å²) >= 11 is 16.5. The normalized spacial score (nSPS) is 15.8. The van der Waals surface area contributed by atoms with Gasteiger partial charge in [0.1, 0.15) is 0 Å². The molecule has 1 unspecified atom stereocenters. The van der Waals surface area contributed by atoms with Gasteiger partial charge in [0.2, 0.25) is 0 Å². The molecule has 0 radical (unpaired) electrons. The molecule has 1 rings (SSSR count). The molecular weight excluding hydrogens is 274 g/mol. The molecule has 1 aliphatic rings. The third-order valence-corrected chi connectivity index (χ3v) is 1.73. The number of hydrogen-bond acceptors (Lipinski definition) is 0. The summed E-state index contributed by atoms with van der Waals surface area (Å²) < 4.78 is 0. The number of allylic oxidation sites excluding steroid dienone is 4. The molecule has 4 heteroatoms. The molecule has 0 fully saturated rings. The van der Waals surface area contributed by atoms with Crippen molar-refractivity contribution in [3.63, 3.8) is 0 Å². The van der Waals surface area contributed by atoms with Crippen molar-refractivity contribution in [2.75, 3.05) is 0 Å². The fourth-order valence-corrected chi connectivity index (χ4v) is 1.15. The second-order valence-electron chi connectivity index (χ2n) is 1.37. The summed E-state index contributed by atoms with van der Waals surface area (Å²) in [6, 6.07) is 0. The van der Waals surface area contributed by atoms with Crippen LogP contribution in [0, 0.1) is 43.2 Å². The predicted octanol–water partition coefficient (Wildman–Crippen LogP) is 4.90. The molecule has 0 aromatic carbocycles. The van der Waals surface area contributed by atoms with Gasteiger partial charge < -0.3 is 37.1 Å². The summed E-state index contributed by atoms with van der Waals surface area (Å²) in [5.74, 6) is 0. The third kappa shape index (κ3) is 11.1. The Morgan fingerprint density at radius 3 is 1.43 bits per heavy atom. The zero-order chi connectivity index (χ0) is 6.15. The first-order valence-electron chi connectivity index (χ1n) is 2.01. The minimum Gasteiger partial charge on any atom is -0.358 e. The van der Waals surface area contributed by atoms with Gasteiger partial charge in [-0.05, 0) is 5.38 Å². The minimum absolute atomic E-state index is 0. The second-order valence-corrected chi connectivity index (χ2v) is 2.63. The van der Waals surface area contributed by atoms with E-state index in [4.69, 9.17) is 34.8 Å². The fraction of sp³-hybridized carbons (Fsp3) is 0.100. The van der Waals surface area contributed by atoms with Gasteiger partial charge in [-0.2, -0.15) is 0 Å². The van der Waals surface area contributed by atoms with Crippen LogP contribution in [-0.2, 0) is 21.7 Å². The van der Waals surface area contributed by atoms with Crippen LogP contribution < -0.4 is 0 Å². The van der Waals surface area contributed by atoms with Crippen LogP contribution in [0.2, 0.25) is 0 Å². The molecule has 0 spiro atoms. The van der Waals surface area contributed by atoms with Crippen molar-refractivity contribution in [3.05, 3.63) is 59.3 Å². The molecule has 14 heavy (non-hydrogen) atoms. The Morgan fingerprint density at radius 2 is 1.36 bits per heavy atom. The van der Waals surface area contributed by atoms with Gasteiger partial charge in [0, 0.05) is 21.7 Å². The number of alkyl halides is 1. The molecule has 0 nitrogen and oxygen atoms in total. The molecule has 0 aromatic rings. The van der Waals surface area contributed by atoms with E-state index in [1.54, 1.807) is 6.08 Å². The Hall–Kier alpha value is 1.06. The number of hydrogen-bond donors (Lipinski definition) is 0. The van der Waals surface area contributed by atoms with E-state index in [-0.39, 0.29) is 64.2 Å². The maximum Gasteiger partial charge on any atom is 0 e. The van der Waals surface area contributed by atoms with E-state index < -0.39 is 0 Å². The van der Waals surface area contributed by atoms with Gasteiger partial charge in [-0.1, -0.05) is 5.03 Å². The van der Waals surface area contributed by atoms with Crippen molar-refractivity contribution in [1.82, 2.24) is 0 Å². The van der Waals surface area contributed by atoms with Gasteiger partial charge in [-0.25, -0.2) is 17.7 Å². The van der Waals surface area contributed by atoms with Crippen molar-refractivity contribution in [2.24, 2.45) is 0 Å². The van der Waals surface area contributed by atoms with Crippen LogP contribution in [0.4, 0.5) is 0 Å². The maximum atomic E-state index is 5.52. The second kappa shape index (κ2) is 16.5. The summed E-state index contributed by atoms with van der Waals surface area (Å²) in [5.41, 5.74) is 0. The van der Waals surface area contributed by atoms with Crippen molar-refractivity contribution in [2.45, 2.75) is 5.38 Å². The number of rotatable bonds is 0. The van der Waals surface area contributed by atoms with Crippen LogP contribution in [0.25, 0.3) is 0 Å². The van der Waals surface area contributed by atoms with Gasteiger partial charge in [-0.15, -0.1) is 34.3 Å². The smallest absolute Gasteiger partial charge is 0 e. The first-order valence-corrected chi connectivity index (χ1v) is 3.20. The zero-order valence-electron chi connectivity index (χ0n) is 9.29. The summed E-state index contributed by atoms with van der Waals surface area (Å²) in [4.78, 5) is 0. The van der Waals surface area contributed by atoms with E-state index in [0.29, 0.717) is 10.1 Å². The molecule has 1 atom stereocenters. The first kappa shape index (κ1) is 36.3. The molecule has 0 saturated carbocycles. The quantitative estimate of drug-likeness (QED) is 0.338. The van der Waals surface area contributed by atoms with E-state index in [1.165, 1.54) is 0 Å². The summed E-state index contributed by atoms with van der Waals surface area (Å²) in [7, 11) is 0. The van der Waals surface area contributed by atoms with E-state index in [9.17, 15) is 0 Å². The van der Waals surface area contributed by atoms with Crippen LogP contribution in [-0.4, -0.2) is 5.38 Å². The molecule has 0 amide bonds. The van der Waals surface area contributed by atoms with Gasteiger partial charge in [0.05, 0.1) is 0 Å². The molecule has 1 aliphatic carbocycles. The van der Waals surface area contributed by atoms with Crippen molar-refractivity contribution >= 4 is 34.8 Å². The van der Waals surface area contributed by atoms with Gasteiger partial charge in [-0.3, -0.25) is 0 Å². The Kier molecular flexibility index (Phi) is 42.7. The third-order valence-electron chi connectivity index (χ3n) is 0.767. The molecule has 0 aromatic heterocycles. The van der Waals surface area contributed by atoms with Crippen LogP contribution >= 0.6 is 34.8 Å². The SMILES string of the molecule is ClC1=[C-]C(Cl)C=C1Cl.[CH3-].[CH3-].[CH3-].[CH3-].[CH3-].[Ti]. The maximum absolute atomic E-state index is 5.52. The summed E-state index contributed by atoms with van der Waals surface area (Å²) in [5, 5.41) is 0.674. The Labute approximate surface area is 121 Å². The van der Waals surface area contributed by atoms with E-state index in [2.05, 4.69) is 6.08 Å². The molecular formula is C10H17Cl3Ti-6. The molecule has 0 heterocycles. The van der Waals surface area contributed by atoms with Gasteiger partial charge >= 0.3 is 0 Å². The molecule has 0 saturated heterocycles. The standard InChI is InChI=1S/C5H2Cl3.5CH3.Ti/c6-3-1-4(7)5(8)2-3;;;;;;/h1,3H;5*1H3;/q6*-1;. The molecule has 88 valence electrons. The van der Waals surface area contributed by atoms with E-state index >= 15 is 0 Å². The van der Waals surface area contributed by atoms with E-state index in [0.717, 1.165) is 0 Å². The Balaban J connectivity index is -0.0000000267. The van der Waals surface area contributed by atoms with Crippen LogP contribution in [0.3, 0.4) is 0 Å². The average molecular weight is 291 g/mol. The van der Waals surface area contributed by atoms with Crippen LogP contribution in [0.15, 0.2) is 16.1 Å². The van der Waals surface area contributed by atoms with Crippen molar-refractivity contribution in [1.29, 1.82) is 0 Å². The van der Waals surface area contributed by atoms with Crippen LogP contribution in [0.5, 0.6) is 0 Å². The van der Waals surface area contributed by atoms with Crippen LogP contribution in [0.1, 0.15) is 0 Å². The summed E-state index contributed by atoms with van der Waals surface area (Å²) in [6.45, 7) is 0. The predicted molar refractivity (Wildman–Crippen MR) is 68.3 cm³/mol. The largest absolute Gasteiger partial charge is 0.358 e. The Bertz CT molecular complexity index is 147. The van der Waals surface area contributed by atoms with E-state index in [1.807, 2.05) is 0 Å². The van der Waals surface area contributed by atoms with Gasteiger partial charge in [0.25, 0.3) is 0 Å². The monoisotopic (exact) mass is 290 g/mol. The van der Waals surface area contributed by atoms with Crippen molar-refractivity contribution in [3.8, 4) is 0 Å². The molecule has 0 bridgehead atoms. The van der Waals surface area contributed by atoms with Gasteiger partial charge in [0.15, 0.2) is 0 Å². The van der Waals surface area contributed by atoms with Crippen molar-refractivity contribution < 1.29 is 21.7 Å². The summed E-state index contributed by atoms with van der Waals surface area (Å²) in [6.07, 6.45) is 4.32. The fourth-order valence-electron chi connectivity index (χ4n) is 0.433. The zero-order valence-corrected chi connectivity index (χ0v) is 13.1. The number of halogens is 3. The first-order chi connectivity index (χ1) is 3.70. The molecule has 0 aliphatic heterocycles. The molecule has 0 N–H and O–H groups in total.